The van der Waals surface area contributed by atoms with Gasteiger partial charge in [0.05, 0.1) is 6.10 Å². The van der Waals surface area contributed by atoms with Crippen LogP contribution in [0.1, 0.15) is 53.0 Å². The Morgan fingerprint density at radius 2 is 1.93 bits per heavy atom. The first-order valence-electron chi connectivity index (χ1n) is 9.91. The third-order valence-corrected chi connectivity index (χ3v) is 10.5. The van der Waals surface area contributed by atoms with E-state index < -0.39 is 8.32 Å². The van der Waals surface area contributed by atoms with Gasteiger partial charge >= 0.3 is 0 Å². The SMILES string of the molecule is CC1(C)CCC(C=C=Cc2ccccc2N=[N+]=[N-])=C[C@H]1O[Si](C)(C)C(C)(C)C. The van der Waals surface area contributed by atoms with Gasteiger partial charge in [-0.15, -0.1) is 5.73 Å². The lowest BCUT2D eigenvalue weighted by atomic mass is 9.76. The number of nitrogens with zero attached hydrogens (tertiary/aromatic N) is 3. The third kappa shape index (κ3) is 5.49. The second-order valence-electron chi connectivity index (χ2n) is 9.73. The summed E-state index contributed by atoms with van der Waals surface area (Å²) in [6, 6.07) is 7.51. The molecule has 150 valence electrons. The summed E-state index contributed by atoms with van der Waals surface area (Å²) >= 11 is 0. The van der Waals surface area contributed by atoms with Gasteiger partial charge in [0.25, 0.3) is 0 Å². The van der Waals surface area contributed by atoms with E-state index in [9.17, 15) is 0 Å². The largest absolute Gasteiger partial charge is 0.410 e. The van der Waals surface area contributed by atoms with E-state index in [1.165, 1.54) is 5.57 Å². The first-order chi connectivity index (χ1) is 13.0. The maximum absolute atomic E-state index is 8.70. The molecule has 1 aliphatic carbocycles. The van der Waals surface area contributed by atoms with Gasteiger partial charge in [0.1, 0.15) is 0 Å². The standard InChI is InChI=1S/C23H33N3OSi/c1-22(2,3)28(6,7)27-21-17-18(15-16-23(21,4)5)11-10-13-19-12-8-9-14-20(19)25-26-24/h8-9,11-14,17,21H,15-16H2,1-7H3/t10?,21-/m1/s1. The smallest absolute Gasteiger partial charge is 0.192 e. The predicted octanol–water partition coefficient (Wildman–Crippen LogP) is 7.93. The Morgan fingerprint density at radius 1 is 1.25 bits per heavy atom. The van der Waals surface area contributed by atoms with Crippen LogP contribution in [-0.2, 0) is 4.43 Å². The molecule has 1 aliphatic rings. The zero-order chi connectivity index (χ0) is 21.0. The van der Waals surface area contributed by atoms with Crippen molar-refractivity contribution in [3.8, 4) is 0 Å². The molecule has 28 heavy (non-hydrogen) atoms. The molecule has 0 heterocycles. The van der Waals surface area contributed by atoms with E-state index in [4.69, 9.17) is 9.96 Å². The molecule has 0 aromatic heterocycles. The molecule has 5 heteroatoms. The number of rotatable bonds is 5. The normalized spacial score (nSPS) is 19.1. The van der Waals surface area contributed by atoms with Gasteiger partial charge in [0.15, 0.2) is 8.32 Å². The molecular formula is C23H33N3OSi. The van der Waals surface area contributed by atoms with Gasteiger partial charge < -0.3 is 4.43 Å². The highest BCUT2D eigenvalue weighted by molar-refractivity contribution is 6.74. The van der Waals surface area contributed by atoms with Crippen molar-refractivity contribution in [2.24, 2.45) is 10.5 Å². The summed E-state index contributed by atoms with van der Waals surface area (Å²) < 4.78 is 6.75. The van der Waals surface area contributed by atoms with Gasteiger partial charge in [-0.2, -0.15) is 0 Å². The molecular weight excluding hydrogens is 362 g/mol. The molecule has 1 aromatic carbocycles. The lowest BCUT2D eigenvalue weighted by Gasteiger charge is -2.45. The van der Waals surface area contributed by atoms with Crippen LogP contribution < -0.4 is 0 Å². The summed E-state index contributed by atoms with van der Waals surface area (Å²) in [6.07, 6.45) is 8.41. The van der Waals surface area contributed by atoms with Crippen molar-refractivity contribution in [3.05, 3.63) is 63.7 Å². The first kappa shape index (κ1) is 22.3. The van der Waals surface area contributed by atoms with Crippen LogP contribution >= 0.6 is 0 Å². The van der Waals surface area contributed by atoms with Crippen LogP contribution in [-0.4, -0.2) is 14.4 Å². The van der Waals surface area contributed by atoms with Crippen LogP contribution in [0.15, 0.2) is 52.8 Å². The monoisotopic (exact) mass is 395 g/mol. The zero-order valence-electron chi connectivity index (χ0n) is 18.3. The fourth-order valence-electron chi connectivity index (χ4n) is 2.91. The van der Waals surface area contributed by atoms with Crippen LogP contribution in [0.4, 0.5) is 5.69 Å². The van der Waals surface area contributed by atoms with Gasteiger partial charge in [0.2, 0.25) is 0 Å². The zero-order valence-corrected chi connectivity index (χ0v) is 19.3. The van der Waals surface area contributed by atoms with Crippen molar-refractivity contribution in [2.45, 2.75) is 71.7 Å². The summed E-state index contributed by atoms with van der Waals surface area (Å²) in [5, 5.41) is 3.92. The molecule has 0 bridgehead atoms. The van der Waals surface area contributed by atoms with E-state index in [-0.39, 0.29) is 16.6 Å². The Bertz CT molecular complexity index is 849. The summed E-state index contributed by atoms with van der Waals surface area (Å²) in [4.78, 5) is 2.89. The molecule has 2 rings (SSSR count). The van der Waals surface area contributed by atoms with Crippen molar-refractivity contribution >= 4 is 20.1 Å². The minimum Gasteiger partial charge on any atom is -0.410 e. The van der Waals surface area contributed by atoms with Gasteiger partial charge in [0, 0.05) is 10.6 Å². The Morgan fingerprint density at radius 3 is 2.57 bits per heavy atom. The number of azide groups is 1. The molecule has 0 spiro atoms. The fraction of sp³-hybridized carbons (Fsp3) is 0.522. The van der Waals surface area contributed by atoms with E-state index in [0.29, 0.717) is 5.69 Å². The highest BCUT2D eigenvalue weighted by Gasteiger charge is 2.43. The Labute approximate surface area is 170 Å². The van der Waals surface area contributed by atoms with Crippen LogP contribution in [0.5, 0.6) is 0 Å². The molecule has 0 unspecified atom stereocenters. The average Bonchev–Trinajstić information content (AvgIpc) is 2.58. The topological polar surface area (TPSA) is 58.0 Å². The number of hydrogen-bond acceptors (Lipinski definition) is 2. The quantitative estimate of drug-likeness (QED) is 0.164. The van der Waals surface area contributed by atoms with Crippen LogP contribution in [0.25, 0.3) is 16.5 Å². The molecule has 1 aromatic rings. The molecule has 0 saturated heterocycles. The van der Waals surface area contributed by atoms with Gasteiger partial charge in [-0.3, -0.25) is 0 Å². The molecule has 1 atom stereocenters. The van der Waals surface area contributed by atoms with Crippen molar-refractivity contribution < 1.29 is 4.43 Å². The number of allylic oxidation sites excluding steroid dienone is 2. The molecule has 0 saturated carbocycles. The summed E-state index contributed by atoms with van der Waals surface area (Å²) in [6.45, 7) is 16.1. The Kier molecular flexibility index (Phi) is 6.79. The molecule has 0 fully saturated rings. The highest BCUT2D eigenvalue weighted by atomic mass is 28.4. The van der Waals surface area contributed by atoms with Crippen molar-refractivity contribution in [1.29, 1.82) is 0 Å². The van der Waals surface area contributed by atoms with Gasteiger partial charge in [-0.1, -0.05) is 70.1 Å². The summed E-state index contributed by atoms with van der Waals surface area (Å²) in [5.41, 5.74) is 14.8. The van der Waals surface area contributed by atoms with Gasteiger partial charge in [-0.05, 0) is 65.2 Å². The van der Waals surface area contributed by atoms with E-state index in [1.807, 2.05) is 30.4 Å². The lowest BCUT2D eigenvalue weighted by molar-refractivity contribution is 0.0844. The van der Waals surface area contributed by atoms with Gasteiger partial charge in [-0.25, -0.2) is 0 Å². The Hall–Kier alpha value is -2.03. The molecule has 0 amide bonds. The average molecular weight is 396 g/mol. The van der Waals surface area contributed by atoms with Crippen molar-refractivity contribution in [2.75, 3.05) is 0 Å². The third-order valence-electron chi connectivity index (χ3n) is 6.02. The van der Waals surface area contributed by atoms with Crippen LogP contribution in [0, 0.1) is 5.41 Å². The van der Waals surface area contributed by atoms with Crippen LogP contribution in [0.2, 0.25) is 18.1 Å². The first-order valence-corrected chi connectivity index (χ1v) is 12.8. The van der Waals surface area contributed by atoms with Crippen molar-refractivity contribution in [3.63, 3.8) is 0 Å². The predicted molar refractivity (Wildman–Crippen MR) is 121 cm³/mol. The lowest BCUT2D eigenvalue weighted by Crippen LogP contribution is -2.48. The van der Waals surface area contributed by atoms with Crippen molar-refractivity contribution in [1.82, 2.24) is 0 Å². The summed E-state index contributed by atoms with van der Waals surface area (Å²) in [7, 11) is -1.84. The second-order valence-corrected chi connectivity index (χ2v) is 14.5. The number of benzene rings is 1. The molecule has 0 radical (unpaired) electrons. The highest BCUT2D eigenvalue weighted by Crippen LogP contribution is 2.43. The van der Waals surface area contributed by atoms with E-state index in [1.54, 1.807) is 6.07 Å². The fourth-order valence-corrected chi connectivity index (χ4v) is 4.28. The maximum Gasteiger partial charge on any atom is 0.192 e. The van der Waals surface area contributed by atoms with E-state index in [2.05, 4.69) is 69.5 Å². The van der Waals surface area contributed by atoms with E-state index >= 15 is 0 Å². The van der Waals surface area contributed by atoms with Crippen LogP contribution in [0.3, 0.4) is 0 Å². The molecule has 0 N–H and O–H groups in total. The Balaban J connectivity index is 2.28. The minimum atomic E-state index is -1.84. The van der Waals surface area contributed by atoms with E-state index in [0.717, 1.165) is 18.4 Å². The summed E-state index contributed by atoms with van der Waals surface area (Å²) in [5.74, 6) is 0. The molecule has 0 aliphatic heterocycles. The number of hydrogen-bond donors (Lipinski definition) is 0. The maximum atomic E-state index is 8.70. The minimum absolute atomic E-state index is 0.116. The molecule has 4 nitrogen and oxygen atoms in total. The second kappa shape index (κ2) is 8.55.